The van der Waals surface area contributed by atoms with E-state index in [-0.39, 0.29) is 30.6 Å². The van der Waals surface area contributed by atoms with Gasteiger partial charge in [-0.1, -0.05) is 0 Å². The minimum atomic E-state index is -0.798. The molecular weight excluding hydrogens is 241 g/mol. The molecule has 1 rings (SSSR count). The standard InChI is InChI=1S/C12H16FNO4/c1-18-7-8(4-5-15)14-12(17)10-3-2-9(16)6-11(10)13/h2-3,6,8,15-16H,4-5,7H2,1H3,(H,14,17). The number of aliphatic hydroxyl groups is 1. The van der Waals surface area contributed by atoms with Crippen molar-refractivity contribution in [2.75, 3.05) is 20.3 Å². The van der Waals surface area contributed by atoms with E-state index >= 15 is 0 Å². The lowest BCUT2D eigenvalue weighted by molar-refractivity contribution is 0.0875. The summed E-state index contributed by atoms with van der Waals surface area (Å²) in [5, 5.41) is 20.4. The van der Waals surface area contributed by atoms with Crippen LogP contribution in [0.15, 0.2) is 18.2 Å². The molecule has 0 saturated heterocycles. The van der Waals surface area contributed by atoms with Crippen LogP contribution in [0, 0.1) is 5.82 Å². The maximum absolute atomic E-state index is 13.4. The lowest BCUT2D eigenvalue weighted by Crippen LogP contribution is -2.39. The topological polar surface area (TPSA) is 78.8 Å². The van der Waals surface area contributed by atoms with Gasteiger partial charge in [-0.25, -0.2) is 4.39 Å². The van der Waals surface area contributed by atoms with Gasteiger partial charge >= 0.3 is 0 Å². The smallest absolute Gasteiger partial charge is 0.254 e. The molecule has 3 N–H and O–H groups in total. The minimum Gasteiger partial charge on any atom is -0.508 e. The first kappa shape index (κ1) is 14.4. The summed E-state index contributed by atoms with van der Waals surface area (Å²) in [4.78, 5) is 11.8. The van der Waals surface area contributed by atoms with Crippen molar-refractivity contribution in [3.63, 3.8) is 0 Å². The Hall–Kier alpha value is -1.66. The number of hydrogen-bond acceptors (Lipinski definition) is 4. The van der Waals surface area contributed by atoms with Crippen molar-refractivity contribution >= 4 is 5.91 Å². The molecule has 0 aliphatic carbocycles. The maximum atomic E-state index is 13.4. The van der Waals surface area contributed by atoms with Gasteiger partial charge in [0.1, 0.15) is 11.6 Å². The fourth-order valence-corrected chi connectivity index (χ4v) is 1.51. The van der Waals surface area contributed by atoms with E-state index < -0.39 is 11.7 Å². The van der Waals surface area contributed by atoms with Crippen LogP contribution in [-0.4, -0.2) is 42.5 Å². The third-order valence-corrected chi connectivity index (χ3v) is 2.38. The van der Waals surface area contributed by atoms with Crippen LogP contribution < -0.4 is 5.32 Å². The molecule has 1 amide bonds. The van der Waals surface area contributed by atoms with Crippen LogP contribution in [0.1, 0.15) is 16.8 Å². The molecular formula is C12H16FNO4. The van der Waals surface area contributed by atoms with Gasteiger partial charge in [-0.3, -0.25) is 4.79 Å². The average Bonchev–Trinajstić information content (AvgIpc) is 2.29. The molecule has 0 heterocycles. The summed E-state index contributed by atoms with van der Waals surface area (Å²) in [6, 6.07) is 2.91. The van der Waals surface area contributed by atoms with Crippen LogP contribution in [0.2, 0.25) is 0 Å². The van der Waals surface area contributed by atoms with Gasteiger partial charge in [0.05, 0.1) is 18.2 Å². The highest BCUT2D eigenvalue weighted by molar-refractivity contribution is 5.94. The first-order valence-electron chi connectivity index (χ1n) is 5.47. The number of carbonyl (C=O) groups is 1. The van der Waals surface area contributed by atoms with E-state index in [9.17, 15) is 9.18 Å². The molecule has 1 unspecified atom stereocenters. The molecule has 5 nitrogen and oxygen atoms in total. The van der Waals surface area contributed by atoms with Gasteiger partial charge < -0.3 is 20.3 Å². The first-order valence-corrected chi connectivity index (χ1v) is 5.47. The van der Waals surface area contributed by atoms with Gasteiger partial charge in [-0.2, -0.15) is 0 Å². The Morgan fingerprint density at radius 1 is 1.56 bits per heavy atom. The number of aliphatic hydroxyl groups excluding tert-OH is 1. The number of phenols is 1. The van der Waals surface area contributed by atoms with Crippen molar-refractivity contribution in [2.45, 2.75) is 12.5 Å². The molecule has 6 heteroatoms. The van der Waals surface area contributed by atoms with Gasteiger partial charge in [-0.05, 0) is 18.6 Å². The largest absolute Gasteiger partial charge is 0.508 e. The molecule has 0 fully saturated rings. The molecule has 0 radical (unpaired) electrons. The average molecular weight is 257 g/mol. The van der Waals surface area contributed by atoms with Crippen molar-refractivity contribution in [3.05, 3.63) is 29.6 Å². The second kappa shape index (κ2) is 6.93. The predicted octanol–water partition coefficient (Wildman–Crippen LogP) is 0.658. The van der Waals surface area contributed by atoms with E-state index in [1.807, 2.05) is 0 Å². The lowest BCUT2D eigenvalue weighted by atomic mass is 10.1. The Labute approximate surface area is 104 Å². The zero-order valence-electron chi connectivity index (χ0n) is 10.0. The van der Waals surface area contributed by atoms with Crippen LogP contribution in [0.5, 0.6) is 5.75 Å². The highest BCUT2D eigenvalue weighted by atomic mass is 19.1. The molecule has 1 aromatic carbocycles. The number of phenolic OH excluding ortho intramolecular Hbond substituents is 1. The molecule has 0 aliphatic rings. The predicted molar refractivity (Wildman–Crippen MR) is 62.9 cm³/mol. The SMILES string of the molecule is COCC(CCO)NC(=O)c1ccc(O)cc1F. The third-order valence-electron chi connectivity index (χ3n) is 2.38. The summed E-state index contributed by atoms with van der Waals surface area (Å²) in [7, 11) is 1.47. The summed E-state index contributed by atoms with van der Waals surface area (Å²) in [5.74, 6) is -1.65. The fraction of sp³-hybridized carbons (Fsp3) is 0.417. The zero-order chi connectivity index (χ0) is 13.5. The van der Waals surface area contributed by atoms with Gasteiger partial charge in [0, 0.05) is 19.8 Å². The van der Waals surface area contributed by atoms with Crippen molar-refractivity contribution < 1.29 is 24.1 Å². The van der Waals surface area contributed by atoms with Crippen molar-refractivity contribution in [3.8, 4) is 5.75 Å². The summed E-state index contributed by atoms with van der Waals surface area (Å²) in [6.45, 7) is 0.123. The Balaban J connectivity index is 2.73. The van der Waals surface area contributed by atoms with Crippen LogP contribution in [0.25, 0.3) is 0 Å². The summed E-state index contributed by atoms with van der Waals surface area (Å²) >= 11 is 0. The Morgan fingerprint density at radius 3 is 2.83 bits per heavy atom. The number of amides is 1. The van der Waals surface area contributed by atoms with Crippen LogP contribution in [0.3, 0.4) is 0 Å². The maximum Gasteiger partial charge on any atom is 0.254 e. The van der Waals surface area contributed by atoms with E-state index in [1.165, 1.54) is 19.2 Å². The van der Waals surface area contributed by atoms with E-state index in [0.717, 1.165) is 6.07 Å². The Kier molecular flexibility index (Phi) is 5.54. The number of benzene rings is 1. The molecule has 0 saturated carbocycles. The lowest BCUT2D eigenvalue weighted by Gasteiger charge is -2.17. The van der Waals surface area contributed by atoms with Crippen molar-refractivity contribution in [1.29, 1.82) is 0 Å². The number of carbonyl (C=O) groups excluding carboxylic acids is 1. The number of rotatable bonds is 6. The normalized spacial score (nSPS) is 12.2. The number of nitrogens with one attached hydrogen (secondary N) is 1. The summed E-state index contributed by atoms with van der Waals surface area (Å²) in [6.07, 6.45) is 0.319. The van der Waals surface area contributed by atoms with Gasteiger partial charge in [-0.15, -0.1) is 0 Å². The number of ether oxygens (including phenoxy) is 1. The van der Waals surface area contributed by atoms with E-state index in [1.54, 1.807) is 0 Å². The number of halogens is 1. The highest BCUT2D eigenvalue weighted by Crippen LogP contribution is 2.15. The number of methoxy groups -OCH3 is 1. The van der Waals surface area contributed by atoms with Crippen molar-refractivity contribution in [2.24, 2.45) is 0 Å². The van der Waals surface area contributed by atoms with E-state index in [0.29, 0.717) is 6.42 Å². The second-order valence-electron chi connectivity index (χ2n) is 3.80. The molecule has 100 valence electrons. The molecule has 0 aromatic heterocycles. The monoisotopic (exact) mass is 257 g/mol. The zero-order valence-corrected chi connectivity index (χ0v) is 10.0. The minimum absolute atomic E-state index is 0.105. The third kappa shape index (κ3) is 3.97. The number of hydrogen-bond donors (Lipinski definition) is 3. The molecule has 0 spiro atoms. The Bertz CT molecular complexity index is 405. The summed E-state index contributed by atoms with van der Waals surface area (Å²) < 4.78 is 18.3. The van der Waals surface area contributed by atoms with Crippen molar-refractivity contribution in [1.82, 2.24) is 5.32 Å². The fourth-order valence-electron chi connectivity index (χ4n) is 1.51. The number of aromatic hydroxyl groups is 1. The molecule has 0 bridgehead atoms. The summed E-state index contributed by atoms with van der Waals surface area (Å²) in [5.41, 5.74) is -0.160. The van der Waals surface area contributed by atoms with Gasteiger partial charge in [0.2, 0.25) is 0 Å². The van der Waals surface area contributed by atoms with Crippen LogP contribution >= 0.6 is 0 Å². The van der Waals surface area contributed by atoms with Crippen LogP contribution in [0.4, 0.5) is 4.39 Å². The molecule has 18 heavy (non-hydrogen) atoms. The molecule has 1 atom stereocenters. The van der Waals surface area contributed by atoms with E-state index in [2.05, 4.69) is 5.32 Å². The van der Waals surface area contributed by atoms with Gasteiger partial charge in [0.15, 0.2) is 0 Å². The van der Waals surface area contributed by atoms with E-state index in [4.69, 9.17) is 14.9 Å². The second-order valence-corrected chi connectivity index (χ2v) is 3.80. The van der Waals surface area contributed by atoms with Gasteiger partial charge in [0.25, 0.3) is 5.91 Å². The Morgan fingerprint density at radius 2 is 2.28 bits per heavy atom. The highest BCUT2D eigenvalue weighted by Gasteiger charge is 2.16. The van der Waals surface area contributed by atoms with Crippen LogP contribution in [-0.2, 0) is 4.74 Å². The first-order chi connectivity index (χ1) is 8.58. The quantitative estimate of drug-likeness (QED) is 0.699. The molecule has 0 aliphatic heterocycles. The molecule has 1 aromatic rings.